The summed E-state index contributed by atoms with van der Waals surface area (Å²) >= 11 is 0. The van der Waals surface area contributed by atoms with Gasteiger partial charge in [0.05, 0.1) is 6.20 Å². The summed E-state index contributed by atoms with van der Waals surface area (Å²) in [6, 6.07) is 0. The van der Waals surface area contributed by atoms with E-state index in [1.54, 1.807) is 6.92 Å². The maximum absolute atomic E-state index is 13.7. The molecule has 0 amide bonds. The van der Waals surface area contributed by atoms with Crippen LogP contribution in [0, 0.1) is 5.82 Å². The lowest BCUT2D eigenvalue weighted by Crippen LogP contribution is -2.36. The van der Waals surface area contributed by atoms with Gasteiger partial charge in [0.1, 0.15) is 6.54 Å². The minimum Gasteiger partial charge on any atom is -0.354 e. The molecule has 0 saturated heterocycles. The first kappa shape index (κ1) is 16.5. The first-order valence-electron chi connectivity index (χ1n) is 6.45. The molecular formula is C12H18F4N4. The van der Waals surface area contributed by atoms with E-state index in [0.717, 1.165) is 17.5 Å². The fourth-order valence-electron chi connectivity index (χ4n) is 1.65. The van der Waals surface area contributed by atoms with Crippen LogP contribution >= 0.6 is 0 Å². The second-order valence-corrected chi connectivity index (χ2v) is 4.33. The summed E-state index contributed by atoms with van der Waals surface area (Å²) < 4.78 is 51.3. The summed E-state index contributed by atoms with van der Waals surface area (Å²) in [4.78, 5) is 8.44. The molecule has 20 heavy (non-hydrogen) atoms. The van der Waals surface area contributed by atoms with Crippen molar-refractivity contribution in [2.75, 3.05) is 29.9 Å². The lowest BCUT2D eigenvalue weighted by atomic mass is 10.3. The fraction of sp³-hybridized carbons (Fsp3) is 0.667. The largest absolute Gasteiger partial charge is 0.405 e. The molecule has 0 radical (unpaired) electrons. The van der Waals surface area contributed by atoms with E-state index < -0.39 is 18.5 Å². The Hall–Kier alpha value is -1.60. The number of rotatable bonds is 7. The van der Waals surface area contributed by atoms with Gasteiger partial charge in [-0.15, -0.1) is 0 Å². The Morgan fingerprint density at radius 2 is 1.95 bits per heavy atom. The van der Waals surface area contributed by atoms with Crippen molar-refractivity contribution in [3.8, 4) is 0 Å². The van der Waals surface area contributed by atoms with Crippen molar-refractivity contribution in [1.82, 2.24) is 9.97 Å². The molecule has 4 nitrogen and oxygen atoms in total. The van der Waals surface area contributed by atoms with Gasteiger partial charge in [-0.25, -0.2) is 9.37 Å². The zero-order chi connectivity index (χ0) is 15.2. The highest BCUT2D eigenvalue weighted by Crippen LogP contribution is 2.23. The highest BCUT2D eigenvalue weighted by atomic mass is 19.4. The summed E-state index contributed by atoms with van der Waals surface area (Å²) in [5.41, 5.74) is 0. The average Bonchev–Trinajstić information content (AvgIpc) is 2.36. The van der Waals surface area contributed by atoms with E-state index in [4.69, 9.17) is 0 Å². The van der Waals surface area contributed by atoms with Crippen LogP contribution in [0.5, 0.6) is 0 Å². The number of alkyl halides is 3. The minimum absolute atomic E-state index is 0.0701. The second kappa shape index (κ2) is 7.25. The van der Waals surface area contributed by atoms with Crippen molar-refractivity contribution in [2.45, 2.75) is 32.9 Å². The molecular weight excluding hydrogens is 276 g/mol. The summed E-state index contributed by atoms with van der Waals surface area (Å²) in [7, 11) is 0. The first-order valence-corrected chi connectivity index (χ1v) is 6.45. The van der Waals surface area contributed by atoms with Gasteiger partial charge in [0.15, 0.2) is 11.6 Å². The zero-order valence-electron chi connectivity index (χ0n) is 11.5. The van der Waals surface area contributed by atoms with Crippen molar-refractivity contribution >= 4 is 11.8 Å². The van der Waals surface area contributed by atoms with Crippen molar-refractivity contribution in [3.05, 3.63) is 12.0 Å². The Kier molecular flexibility index (Phi) is 5.97. The Labute approximate surface area is 115 Å². The highest BCUT2D eigenvalue weighted by molar-refractivity contribution is 5.44. The molecule has 8 heteroatoms. The normalized spacial score (nSPS) is 11.5. The molecule has 0 bridgehead atoms. The van der Waals surface area contributed by atoms with Gasteiger partial charge in [0.2, 0.25) is 5.95 Å². The van der Waals surface area contributed by atoms with Crippen LogP contribution in [0.25, 0.3) is 0 Å². The number of nitrogens with zero attached hydrogens (tertiary/aromatic N) is 3. The van der Waals surface area contributed by atoms with Crippen molar-refractivity contribution in [2.24, 2.45) is 0 Å². The Morgan fingerprint density at radius 1 is 1.25 bits per heavy atom. The summed E-state index contributed by atoms with van der Waals surface area (Å²) in [5.74, 6) is -1.05. The van der Waals surface area contributed by atoms with Gasteiger partial charge < -0.3 is 10.2 Å². The van der Waals surface area contributed by atoms with E-state index in [1.807, 2.05) is 6.92 Å². The number of hydrogen-bond acceptors (Lipinski definition) is 4. The number of nitrogens with one attached hydrogen (secondary N) is 1. The van der Waals surface area contributed by atoms with Gasteiger partial charge in [0, 0.05) is 13.1 Å². The maximum atomic E-state index is 13.7. The summed E-state index contributed by atoms with van der Waals surface area (Å²) in [6.45, 7) is 3.05. The van der Waals surface area contributed by atoms with Gasteiger partial charge in [-0.3, -0.25) is 0 Å². The molecule has 0 aliphatic carbocycles. The molecule has 0 saturated carbocycles. The van der Waals surface area contributed by atoms with Crippen LogP contribution in [0.3, 0.4) is 0 Å². The van der Waals surface area contributed by atoms with Crippen LogP contribution < -0.4 is 10.2 Å². The predicted molar refractivity (Wildman–Crippen MR) is 69.3 cm³/mol. The summed E-state index contributed by atoms with van der Waals surface area (Å²) in [6.07, 6.45) is -2.27. The van der Waals surface area contributed by atoms with Crippen LogP contribution in [0.15, 0.2) is 6.20 Å². The molecule has 114 valence electrons. The number of anilines is 2. The van der Waals surface area contributed by atoms with Gasteiger partial charge in [-0.1, -0.05) is 13.8 Å². The Bertz CT molecular complexity index is 422. The molecule has 1 aromatic heterocycles. The SMILES string of the molecule is CCCNc1ncc(F)c(N(CCC)CC(F)(F)F)n1. The lowest BCUT2D eigenvalue weighted by Gasteiger charge is -2.24. The highest BCUT2D eigenvalue weighted by Gasteiger charge is 2.32. The molecule has 0 aliphatic heterocycles. The smallest absolute Gasteiger partial charge is 0.354 e. The number of halogens is 4. The quantitative estimate of drug-likeness (QED) is 0.784. The first-order chi connectivity index (χ1) is 9.37. The van der Waals surface area contributed by atoms with Crippen LogP contribution in [-0.2, 0) is 0 Å². The van der Waals surface area contributed by atoms with Gasteiger partial charge in [0.25, 0.3) is 0 Å². The predicted octanol–water partition coefficient (Wildman–Crippen LogP) is 3.22. The number of hydrogen-bond donors (Lipinski definition) is 1. The van der Waals surface area contributed by atoms with Crippen LogP contribution in [-0.4, -0.2) is 35.8 Å². The van der Waals surface area contributed by atoms with Crippen LogP contribution in [0.1, 0.15) is 26.7 Å². The summed E-state index contributed by atoms with van der Waals surface area (Å²) in [5, 5.41) is 2.82. The molecule has 0 atom stereocenters. The third-order valence-corrected chi connectivity index (χ3v) is 2.42. The van der Waals surface area contributed by atoms with Crippen molar-refractivity contribution in [3.63, 3.8) is 0 Å². The Morgan fingerprint density at radius 3 is 2.50 bits per heavy atom. The van der Waals surface area contributed by atoms with Gasteiger partial charge >= 0.3 is 6.18 Å². The molecule has 1 heterocycles. The minimum atomic E-state index is -4.41. The Balaban J connectivity index is 2.98. The van der Waals surface area contributed by atoms with E-state index in [0.29, 0.717) is 13.0 Å². The van der Waals surface area contributed by atoms with Crippen LogP contribution in [0.2, 0.25) is 0 Å². The molecule has 0 fully saturated rings. The van der Waals surface area contributed by atoms with Crippen molar-refractivity contribution in [1.29, 1.82) is 0 Å². The van der Waals surface area contributed by atoms with Gasteiger partial charge in [-0.2, -0.15) is 18.2 Å². The topological polar surface area (TPSA) is 41.1 Å². The average molecular weight is 294 g/mol. The molecule has 0 unspecified atom stereocenters. The monoisotopic (exact) mass is 294 g/mol. The van der Waals surface area contributed by atoms with Gasteiger partial charge in [-0.05, 0) is 12.8 Å². The van der Waals surface area contributed by atoms with E-state index >= 15 is 0 Å². The second-order valence-electron chi connectivity index (χ2n) is 4.33. The zero-order valence-corrected chi connectivity index (χ0v) is 11.5. The molecule has 1 N–H and O–H groups in total. The van der Waals surface area contributed by atoms with E-state index in [2.05, 4.69) is 15.3 Å². The molecule has 1 rings (SSSR count). The standard InChI is InChI=1S/C12H18F4N4/c1-3-5-17-11-18-7-9(13)10(19-11)20(6-4-2)8-12(14,15)16/h7H,3-6,8H2,1-2H3,(H,17,18,19). The molecule has 0 spiro atoms. The van der Waals surface area contributed by atoms with Crippen LogP contribution in [0.4, 0.5) is 29.3 Å². The third-order valence-electron chi connectivity index (χ3n) is 2.42. The molecule has 0 aromatic carbocycles. The third kappa shape index (κ3) is 5.18. The lowest BCUT2D eigenvalue weighted by molar-refractivity contribution is -0.119. The fourth-order valence-corrected chi connectivity index (χ4v) is 1.65. The van der Waals surface area contributed by atoms with E-state index in [-0.39, 0.29) is 18.3 Å². The maximum Gasteiger partial charge on any atom is 0.405 e. The molecule has 0 aliphatic rings. The van der Waals surface area contributed by atoms with E-state index in [1.165, 1.54) is 0 Å². The number of aromatic nitrogens is 2. The van der Waals surface area contributed by atoms with E-state index in [9.17, 15) is 17.6 Å². The van der Waals surface area contributed by atoms with Crippen molar-refractivity contribution < 1.29 is 17.6 Å². The molecule has 1 aromatic rings.